The van der Waals surface area contributed by atoms with Crippen LogP contribution in [0.1, 0.15) is 35.7 Å². The number of likely N-dealkylation sites (N-methyl/N-ethyl adjacent to an activating group) is 1. The van der Waals surface area contributed by atoms with Crippen LogP contribution in [-0.4, -0.2) is 70.5 Å². The zero-order valence-electron chi connectivity index (χ0n) is 14.9. The molecule has 0 radical (unpaired) electrons. The molecule has 4 rings (SSSR count). The summed E-state index contributed by atoms with van der Waals surface area (Å²) in [6.45, 7) is 3.89. The second kappa shape index (κ2) is 7.28. The first-order valence-electron chi connectivity index (χ1n) is 9.38. The lowest BCUT2D eigenvalue weighted by Crippen LogP contribution is -2.47. The van der Waals surface area contributed by atoms with Crippen molar-refractivity contribution >= 4 is 0 Å². The smallest absolute Gasteiger partial charge is 0.0834 e. The summed E-state index contributed by atoms with van der Waals surface area (Å²) < 4.78 is 0. The Morgan fingerprint density at radius 3 is 2.60 bits per heavy atom. The Morgan fingerprint density at radius 2 is 1.92 bits per heavy atom. The zero-order chi connectivity index (χ0) is 17.2. The van der Waals surface area contributed by atoms with Crippen LogP contribution < -0.4 is 0 Å². The van der Waals surface area contributed by atoms with Crippen molar-refractivity contribution in [2.24, 2.45) is 0 Å². The third-order valence-corrected chi connectivity index (χ3v) is 5.75. The molecule has 0 spiro atoms. The normalized spacial score (nSPS) is 26.3. The molecule has 2 aliphatic rings. The summed E-state index contributed by atoms with van der Waals surface area (Å²) in [5, 5.41) is 18.0. The number of aromatic amines is 1. The molecule has 1 aromatic heterocycles. The van der Waals surface area contributed by atoms with Crippen LogP contribution in [-0.2, 0) is 6.42 Å². The van der Waals surface area contributed by atoms with Crippen LogP contribution in [0.25, 0.3) is 0 Å². The maximum absolute atomic E-state index is 10.2. The molecule has 0 unspecified atom stereocenters. The maximum Gasteiger partial charge on any atom is 0.0834 e. The van der Waals surface area contributed by atoms with Gasteiger partial charge in [-0.3, -0.25) is 10.00 Å². The topological polar surface area (TPSA) is 55.4 Å². The maximum atomic E-state index is 10.2. The molecule has 0 saturated carbocycles. The molecule has 0 aliphatic carbocycles. The Hall–Kier alpha value is -1.69. The number of benzene rings is 1. The van der Waals surface area contributed by atoms with Gasteiger partial charge in [0, 0.05) is 37.2 Å². The minimum Gasteiger partial charge on any atom is -0.390 e. The standard InChI is InChI=1S/C20H28N4O/c1-23-13-19(20(25)14-23)24-9-7-16(8-10-24)18-12-17(21-22-18)11-15-5-3-2-4-6-15/h2-6,12,16,19-20,25H,7-11,13-14H2,1H3,(H,21,22)/t19-,20-/m0/s1. The van der Waals surface area contributed by atoms with E-state index >= 15 is 0 Å². The average molecular weight is 340 g/mol. The first-order chi connectivity index (χ1) is 12.2. The van der Waals surface area contributed by atoms with Gasteiger partial charge in [-0.15, -0.1) is 0 Å². The highest BCUT2D eigenvalue weighted by atomic mass is 16.3. The quantitative estimate of drug-likeness (QED) is 0.892. The number of aliphatic hydroxyl groups excluding tert-OH is 1. The van der Waals surface area contributed by atoms with Gasteiger partial charge in [0.15, 0.2) is 0 Å². The molecule has 5 heteroatoms. The summed E-state index contributed by atoms with van der Waals surface area (Å²) in [4.78, 5) is 4.70. The molecule has 2 N–H and O–H groups in total. The molecule has 2 fully saturated rings. The van der Waals surface area contributed by atoms with Gasteiger partial charge in [0.25, 0.3) is 0 Å². The lowest BCUT2D eigenvalue weighted by atomic mass is 9.92. The molecule has 2 saturated heterocycles. The minimum atomic E-state index is -0.204. The van der Waals surface area contributed by atoms with Gasteiger partial charge in [0.1, 0.15) is 0 Å². The van der Waals surface area contributed by atoms with Crippen molar-refractivity contribution in [2.75, 3.05) is 33.2 Å². The third-order valence-electron chi connectivity index (χ3n) is 5.75. The number of aliphatic hydroxyl groups is 1. The van der Waals surface area contributed by atoms with E-state index < -0.39 is 0 Å². The van der Waals surface area contributed by atoms with E-state index in [1.807, 2.05) is 0 Å². The largest absolute Gasteiger partial charge is 0.390 e. The number of H-pyrrole nitrogens is 1. The molecule has 0 amide bonds. The van der Waals surface area contributed by atoms with E-state index in [2.05, 4.69) is 63.4 Å². The van der Waals surface area contributed by atoms with Crippen molar-refractivity contribution in [1.29, 1.82) is 0 Å². The summed E-state index contributed by atoms with van der Waals surface area (Å²) in [5.74, 6) is 0.535. The summed E-state index contributed by atoms with van der Waals surface area (Å²) in [7, 11) is 2.09. The van der Waals surface area contributed by atoms with E-state index in [-0.39, 0.29) is 6.10 Å². The van der Waals surface area contributed by atoms with Crippen LogP contribution in [0.2, 0.25) is 0 Å². The van der Waals surface area contributed by atoms with Gasteiger partial charge in [-0.05, 0) is 44.6 Å². The van der Waals surface area contributed by atoms with E-state index in [1.165, 1.54) is 17.0 Å². The Labute approximate surface area is 149 Å². The molecule has 25 heavy (non-hydrogen) atoms. The summed E-state index contributed by atoms with van der Waals surface area (Å²) >= 11 is 0. The van der Waals surface area contributed by atoms with Crippen molar-refractivity contribution in [2.45, 2.75) is 37.3 Å². The van der Waals surface area contributed by atoms with Crippen molar-refractivity contribution < 1.29 is 5.11 Å². The number of nitrogens with one attached hydrogen (secondary N) is 1. The van der Waals surface area contributed by atoms with Crippen LogP contribution in [0.4, 0.5) is 0 Å². The molecule has 0 bridgehead atoms. The number of hydrogen-bond donors (Lipinski definition) is 2. The highest BCUT2D eigenvalue weighted by Gasteiger charge is 2.36. The highest BCUT2D eigenvalue weighted by molar-refractivity contribution is 5.23. The van der Waals surface area contributed by atoms with Crippen LogP contribution in [0.5, 0.6) is 0 Å². The lowest BCUT2D eigenvalue weighted by molar-refractivity contribution is 0.0661. The van der Waals surface area contributed by atoms with Crippen molar-refractivity contribution in [3.05, 3.63) is 53.3 Å². The molecule has 2 aliphatic heterocycles. The fourth-order valence-corrected chi connectivity index (χ4v) is 4.34. The summed E-state index contributed by atoms with van der Waals surface area (Å²) in [5.41, 5.74) is 3.71. The lowest BCUT2D eigenvalue weighted by Gasteiger charge is -2.36. The first kappa shape index (κ1) is 16.8. The van der Waals surface area contributed by atoms with Crippen LogP contribution in [0, 0.1) is 0 Å². The van der Waals surface area contributed by atoms with Gasteiger partial charge in [-0.2, -0.15) is 5.10 Å². The number of aromatic nitrogens is 2. The number of likely N-dealkylation sites (tertiary alicyclic amines) is 2. The van der Waals surface area contributed by atoms with E-state index in [1.54, 1.807) is 0 Å². The first-order valence-corrected chi connectivity index (χ1v) is 9.38. The van der Waals surface area contributed by atoms with Gasteiger partial charge in [-0.1, -0.05) is 30.3 Å². The fourth-order valence-electron chi connectivity index (χ4n) is 4.34. The molecular formula is C20H28N4O. The molecule has 2 aromatic rings. The molecule has 2 atom stereocenters. The SMILES string of the molecule is CN1C[C@H](O)[C@@H](N2CCC(c3cc(Cc4ccccc4)[nH]n3)CC2)C1. The number of piperidine rings is 1. The second-order valence-corrected chi connectivity index (χ2v) is 7.65. The predicted molar refractivity (Wildman–Crippen MR) is 98.7 cm³/mol. The minimum absolute atomic E-state index is 0.204. The second-order valence-electron chi connectivity index (χ2n) is 7.65. The van der Waals surface area contributed by atoms with E-state index in [9.17, 15) is 5.11 Å². The fraction of sp³-hybridized carbons (Fsp3) is 0.550. The van der Waals surface area contributed by atoms with Crippen molar-refractivity contribution in [3.8, 4) is 0 Å². The monoisotopic (exact) mass is 340 g/mol. The van der Waals surface area contributed by atoms with E-state index in [0.29, 0.717) is 12.0 Å². The number of nitrogens with zero attached hydrogens (tertiary/aromatic N) is 3. The molecule has 3 heterocycles. The number of β-amino-alcohol motifs (C(OH)–C–C–N with tert-alkyl or cyclic N) is 1. The third kappa shape index (κ3) is 3.78. The van der Waals surface area contributed by atoms with Gasteiger partial charge < -0.3 is 10.0 Å². The Kier molecular flexibility index (Phi) is 4.88. The highest BCUT2D eigenvalue weighted by Crippen LogP contribution is 2.30. The van der Waals surface area contributed by atoms with Crippen LogP contribution in [0.3, 0.4) is 0 Å². The van der Waals surface area contributed by atoms with Crippen molar-refractivity contribution in [3.63, 3.8) is 0 Å². The Balaban J connectivity index is 1.34. The van der Waals surface area contributed by atoms with E-state index in [0.717, 1.165) is 45.4 Å². The predicted octanol–water partition coefficient (Wildman–Crippen LogP) is 1.85. The summed E-state index contributed by atoms with van der Waals surface area (Å²) in [6, 6.07) is 13.1. The zero-order valence-corrected chi connectivity index (χ0v) is 14.9. The molecule has 5 nitrogen and oxygen atoms in total. The molecular weight excluding hydrogens is 312 g/mol. The van der Waals surface area contributed by atoms with Crippen LogP contribution >= 0.6 is 0 Å². The van der Waals surface area contributed by atoms with Gasteiger partial charge in [-0.25, -0.2) is 0 Å². The Bertz CT molecular complexity index is 678. The van der Waals surface area contributed by atoms with E-state index in [4.69, 9.17) is 0 Å². The average Bonchev–Trinajstić information content (AvgIpc) is 3.22. The van der Waals surface area contributed by atoms with Crippen molar-refractivity contribution in [1.82, 2.24) is 20.0 Å². The van der Waals surface area contributed by atoms with Gasteiger partial charge in [0.05, 0.1) is 11.8 Å². The Morgan fingerprint density at radius 1 is 1.16 bits per heavy atom. The molecule has 1 aromatic carbocycles. The van der Waals surface area contributed by atoms with Crippen LogP contribution in [0.15, 0.2) is 36.4 Å². The molecule has 134 valence electrons. The number of rotatable bonds is 4. The van der Waals surface area contributed by atoms with Gasteiger partial charge >= 0.3 is 0 Å². The van der Waals surface area contributed by atoms with Gasteiger partial charge in [0.2, 0.25) is 0 Å². The number of hydrogen-bond acceptors (Lipinski definition) is 4. The summed E-state index contributed by atoms with van der Waals surface area (Å²) in [6.07, 6.45) is 2.96.